The number of benzene rings is 1. The Kier molecular flexibility index (Phi) is 13.9. The first-order valence-electron chi connectivity index (χ1n) is 14.2. The standard InChI is InChI=1S/C31H38N4O9/c1-6-8-9-21(7-2)17-35-28(38)24(16-32)20(5)27(29(35)39)34-33-23-12-10-22(11-13-23)31(41)42-15-14-25(36)44-26(37)18-43-30(40)19(3)4/h10-13,21,26,37-38H,3,6-9,14-15,17-18H2,1-2,4-5H3. The first kappa shape index (κ1) is 35.4. The largest absolute Gasteiger partial charge is 0.493 e. The lowest BCUT2D eigenvalue weighted by Gasteiger charge is -2.19. The third kappa shape index (κ3) is 10.2. The Morgan fingerprint density at radius 2 is 1.82 bits per heavy atom. The third-order valence-corrected chi connectivity index (χ3v) is 6.63. The molecule has 0 amide bonds. The Morgan fingerprint density at radius 1 is 1.14 bits per heavy atom. The highest BCUT2D eigenvalue weighted by Crippen LogP contribution is 2.28. The number of carbonyl (C=O) groups excluding carboxylic acids is 3. The van der Waals surface area contributed by atoms with Gasteiger partial charge in [0, 0.05) is 17.7 Å². The monoisotopic (exact) mass is 610 g/mol. The van der Waals surface area contributed by atoms with Crippen molar-refractivity contribution in [2.45, 2.75) is 72.6 Å². The van der Waals surface area contributed by atoms with Gasteiger partial charge in [-0.25, -0.2) is 9.59 Å². The van der Waals surface area contributed by atoms with Crippen LogP contribution in [-0.2, 0) is 30.3 Å². The van der Waals surface area contributed by atoms with Gasteiger partial charge in [-0.3, -0.25) is 14.2 Å². The summed E-state index contributed by atoms with van der Waals surface area (Å²) in [7, 11) is 0. The summed E-state index contributed by atoms with van der Waals surface area (Å²) in [6, 6.07) is 7.71. The van der Waals surface area contributed by atoms with Crippen molar-refractivity contribution in [2.75, 3.05) is 13.2 Å². The molecule has 0 bridgehead atoms. The zero-order valence-electron chi connectivity index (χ0n) is 25.4. The molecule has 0 spiro atoms. The van der Waals surface area contributed by atoms with Crippen molar-refractivity contribution in [2.24, 2.45) is 16.1 Å². The number of aromatic hydroxyl groups is 1. The fourth-order valence-electron chi connectivity index (χ4n) is 4.00. The van der Waals surface area contributed by atoms with Crippen molar-refractivity contribution in [3.63, 3.8) is 0 Å². The summed E-state index contributed by atoms with van der Waals surface area (Å²) in [5, 5.41) is 38.1. The van der Waals surface area contributed by atoms with Crippen molar-refractivity contribution in [1.29, 1.82) is 5.26 Å². The van der Waals surface area contributed by atoms with Crippen LogP contribution in [0.2, 0.25) is 0 Å². The molecule has 0 fully saturated rings. The maximum atomic E-state index is 13.3. The van der Waals surface area contributed by atoms with Crippen LogP contribution in [0.25, 0.3) is 0 Å². The molecule has 0 saturated carbocycles. The average molecular weight is 611 g/mol. The Hall–Kier alpha value is -4.83. The van der Waals surface area contributed by atoms with Crippen molar-refractivity contribution in [3.05, 3.63) is 63.5 Å². The van der Waals surface area contributed by atoms with Gasteiger partial charge in [0.05, 0.1) is 17.7 Å². The number of esters is 3. The molecule has 1 aromatic carbocycles. The molecule has 0 aliphatic heterocycles. The van der Waals surface area contributed by atoms with Crippen LogP contribution in [0.5, 0.6) is 5.88 Å². The summed E-state index contributed by atoms with van der Waals surface area (Å²) in [5.74, 6) is -2.60. The summed E-state index contributed by atoms with van der Waals surface area (Å²) in [5.41, 5.74) is 0.101. The molecule has 13 heteroatoms. The number of aromatic nitrogens is 1. The minimum absolute atomic E-state index is 0.0495. The maximum Gasteiger partial charge on any atom is 0.338 e. The van der Waals surface area contributed by atoms with Crippen LogP contribution >= 0.6 is 0 Å². The second-order valence-electron chi connectivity index (χ2n) is 10.1. The van der Waals surface area contributed by atoms with E-state index in [2.05, 4.69) is 33.2 Å². The van der Waals surface area contributed by atoms with E-state index in [1.54, 1.807) is 0 Å². The number of ether oxygens (including phenoxy) is 3. The minimum Gasteiger partial charge on any atom is -0.493 e. The molecular formula is C31H38N4O9. The molecule has 236 valence electrons. The van der Waals surface area contributed by atoms with E-state index >= 15 is 0 Å². The molecule has 2 N–H and O–H groups in total. The first-order chi connectivity index (χ1) is 20.9. The number of nitriles is 1. The van der Waals surface area contributed by atoms with E-state index in [9.17, 15) is 34.7 Å². The van der Waals surface area contributed by atoms with E-state index in [0.29, 0.717) is 5.69 Å². The fraction of sp³-hybridized carbons (Fsp3) is 0.452. The van der Waals surface area contributed by atoms with E-state index in [0.717, 1.165) is 25.7 Å². The average Bonchev–Trinajstić information content (AvgIpc) is 2.99. The van der Waals surface area contributed by atoms with Crippen LogP contribution in [0.4, 0.5) is 11.4 Å². The van der Waals surface area contributed by atoms with Gasteiger partial charge in [0.15, 0.2) is 12.3 Å². The molecule has 0 saturated heterocycles. The van der Waals surface area contributed by atoms with Crippen molar-refractivity contribution in [1.82, 2.24) is 4.57 Å². The molecule has 0 radical (unpaired) electrons. The Balaban J connectivity index is 2.04. The predicted molar refractivity (Wildman–Crippen MR) is 159 cm³/mol. The highest BCUT2D eigenvalue weighted by Gasteiger charge is 2.21. The van der Waals surface area contributed by atoms with E-state index in [-0.39, 0.29) is 59.3 Å². The lowest BCUT2D eigenvalue weighted by atomic mass is 9.99. The van der Waals surface area contributed by atoms with E-state index < -0.39 is 36.4 Å². The molecule has 44 heavy (non-hydrogen) atoms. The van der Waals surface area contributed by atoms with Gasteiger partial charge in [0.1, 0.15) is 18.2 Å². The number of nitrogens with zero attached hydrogens (tertiary/aromatic N) is 4. The predicted octanol–water partition coefficient (Wildman–Crippen LogP) is 4.89. The van der Waals surface area contributed by atoms with Crippen molar-refractivity contribution < 1.29 is 38.8 Å². The highest BCUT2D eigenvalue weighted by atomic mass is 16.7. The molecule has 2 unspecified atom stereocenters. The normalized spacial score (nSPS) is 12.3. The van der Waals surface area contributed by atoms with Crippen LogP contribution in [0.1, 0.15) is 74.4 Å². The third-order valence-electron chi connectivity index (χ3n) is 6.63. The number of unbranched alkanes of at least 4 members (excludes halogenated alkanes) is 1. The minimum atomic E-state index is -1.68. The fourth-order valence-corrected chi connectivity index (χ4v) is 4.00. The second kappa shape index (κ2) is 17.3. The molecule has 2 aromatic rings. The molecule has 1 heterocycles. The van der Waals surface area contributed by atoms with E-state index in [4.69, 9.17) is 4.74 Å². The second-order valence-corrected chi connectivity index (χ2v) is 10.1. The van der Waals surface area contributed by atoms with E-state index in [1.807, 2.05) is 13.0 Å². The summed E-state index contributed by atoms with van der Waals surface area (Å²) in [6.07, 6.45) is 1.63. The Labute approximate surface area is 255 Å². The van der Waals surface area contributed by atoms with Crippen molar-refractivity contribution in [3.8, 4) is 11.9 Å². The highest BCUT2D eigenvalue weighted by molar-refractivity contribution is 5.90. The molecular weight excluding hydrogens is 572 g/mol. The first-order valence-corrected chi connectivity index (χ1v) is 14.2. The molecule has 1 aromatic heterocycles. The van der Waals surface area contributed by atoms with Crippen LogP contribution in [-0.4, -0.2) is 52.2 Å². The number of rotatable bonds is 16. The summed E-state index contributed by atoms with van der Waals surface area (Å²) in [4.78, 5) is 48.7. The number of hydrogen-bond acceptors (Lipinski definition) is 12. The summed E-state index contributed by atoms with van der Waals surface area (Å²) in [6.45, 7) is 9.76. The van der Waals surface area contributed by atoms with Gasteiger partial charge in [-0.2, -0.15) is 10.4 Å². The summed E-state index contributed by atoms with van der Waals surface area (Å²) >= 11 is 0. The van der Waals surface area contributed by atoms with Crippen LogP contribution < -0.4 is 5.56 Å². The van der Waals surface area contributed by atoms with Gasteiger partial charge in [-0.05, 0) is 50.5 Å². The SMILES string of the molecule is C=C(C)C(=O)OCC(O)OC(=O)CCOC(=O)c1ccc(N=Nc2c(C)c(C#N)c(O)n(CC(CC)CCCC)c2=O)cc1. The van der Waals surface area contributed by atoms with Crippen LogP contribution in [0.15, 0.2) is 51.4 Å². The lowest BCUT2D eigenvalue weighted by molar-refractivity contribution is -0.181. The topological polar surface area (TPSA) is 190 Å². The molecule has 0 aliphatic rings. The molecule has 2 atom stereocenters. The van der Waals surface area contributed by atoms with Gasteiger partial charge in [0.2, 0.25) is 12.2 Å². The van der Waals surface area contributed by atoms with Gasteiger partial charge in [0.25, 0.3) is 5.56 Å². The van der Waals surface area contributed by atoms with Gasteiger partial charge in [-0.1, -0.05) is 39.7 Å². The number of aliphatic hydroxyl groups excluding tert-OH is 1. The smallest absolute Gasteiger partial charge is 0.338 e. The molecule has 13 nitrogen and oxygen atoms in total. The zero-order chi connectivity index (χ0) is 32.8. The van der Waals surface area contributed by atoms with Gasteiger partial charge < -0.3 is 24.4 Å². The van der Waals surface area contributed by atoms with Crippen LogP contribution in [0, 0.1) is 24.2 Å². The number of carbonyl (C=O) groups is 3. The zero-order valence-corrected chi connectivity index (χ0v) is 25.4. The number of aliphatic hydroxyl groups is 1. The number of azo groups is 1. The molecule has 0 aliphatic carbocycles. The van der Waals surface area contributed by atoms with Gasteiger partial charge in [-0.15, -0.1) is 5.11 Å². The lowest BCUT2D eigenvalue weighted by Crippen LogP contribution is -2.25. The number of pyridine rings is 1. The quantitative estimate of drug-likeness (QED) is 0.0869. The summed E-state index contributed by atoms with van der Waals surface area (Å²) < 4.78 is 15.6. The maximum absolute atomic E-state index is 13.3. The number of hydrogen-bond donors (Lipinski definition) is 2. The Morgan fingerprint density at radius 3 is 2.41 bits per heavy atom. The van der Waals surface area contributed by atoms with Crippen molar-refractivity contribution >= 4 is 29.3 Å². The molecule has 2 rings (SSSR count). The van der Waals surface area contributed by atoms with E-state index in [1.165, 1.54) is 42.7 Å². The van der Waals surface area contributed by atoms with Gasteiger partial charge >= 0.3 is 17.9 Å². The Bertz CT molecular complexity index is 1470. The van der Waals surface area contributed by atoms with Crippen LogP contribution in [0.3, 0.4) is 0 Å².